The van der Waals surface area contributed by atoms with E-state index in [4.69, 9.17) is 0 Å². The quantitative estimate of drug-likeness (QED) is 0.167. The number of aliphatic hydroxyl groups excluding tert-OH is 3. The van der Waals surface area contributed by atoms with Gasteiger partial charge in [0.05, 0.1) is 18.8 Å². The van der Waals surface area contributed by atoms with E-state index in [0.29, 0.717) is 12.3 Å². The predicted molar refractivity (Wildman–Crippen MR) is 186 cm³/mol. The largest absolute Gasteiger partial charge is 0.393 e. The molecule has 3 N–H and O–H groups in total. The summed E-state index contributed by atoms with van der Waals surface area (Å²) in [5, 5.41) is 30.0. The molecule has 0 aromatic heterocycles. The van der Waals surface area contributed by atoms with Crippen LogP contribution in [0.4, 0.5) is 0 Å². The van der Waals surface area contributed by atoms with Crippen molar-refractivity contribution in [3.63, 3.8) is 0 Å². The van der Waals surface area contributed by atoms with E-state index >= 15 is 0 Å². The van der Waals surface area contributed by atoms with Crippen molar-refractivity contribution in [2.24, 2.45) is 16.7 Å². The lowest BCUT2D eigenvalue weighted by atomic mass is 9.67. The van der Waals surface area contributed by atoms with Gasteiger partial charge in [-0.05, 0) is 75.9 Å². The van der Waals surface area contributed by atoms with E-state index in [9.17, 15) is 15.3 Å². The smallest absolute Gasteiger partial charge is 0.0729 e. The van der Waals surface area contributed by atoms with Crippen molar-refractivity contribution in [2.75, 3.05) is 6.61 Å². The highest BCUT2D eigenvalue weighted by molar-refractivity contribution is 5.39. The Bertz CT molecular complexity index is 1290. The first kappa shape index (κ1) is 36.2. The molecule has 0 unspecified atom stereocenters. The topological polar surface area (TPSA) is 60.7 Å². The Morgan fingerprint density at radius 2 is 1.35 bits per heavy atom. The van der Waals surface area contributed by atoms with Crippen LogP contribution in [0.2, 0.25) is 0 Å². The molecule has 3 atom stereocenters. The Labute approximate surface area is 262 Å². The molecule has 0 saturated carbocycles. The molecule has 3 heteroatoms. The highest BCUT2D eigenvalue weighted by atomic mass is 16.3. The van der Waals surface area contributed by atoms with Gasteiger partial charge < -0.3 is 15.3 Å². The number of aliphatic hydroxyl groups is 3. The SMILES string of the molecule is CC1=C[C@H](O)CC(C)(C)[C@@H]1/C=C/C(C)=C/C=C/C(C)=C/C=C/C=C(C)/C=C/C=C(/C=C/C1=C(C)C[C@@H](O)CC1(C)C)CO. The second-order valence-corrected chi connectivity index (χ2v) is 13.7. The van der Waals surface area contributed by atoms with Gasteiger partial charge in [0.2, 0.25) is 0 Å². The molecule has 234 valence electrons. The van der Waals surface area contributed by atoms with Crippen LogP contribution in [0.3, 0.4) is 0 Å². The molecule has 0 radical (unpaired) electrons. The lowest BCUT2D eigenvalue weighted by molar-refractivity contribution is 0.116. The van der Waals surface area contributed by atoms with Crippen molar-refractivity contribution in [3.05, 3.63) is 130 Å². The Kier molecular flexibility index (Phi) is 14.1. The van der Waals surface area contributed by atoms with Crippen LogP contribution in [0.5, 0.6) is 0 Å². The zero-order valence-electron chi connectivity index (χ0n) is 28.1. The summed E-state index contributed by atoms with van der Waals surface area (Å²) in [5.41, 5.74) is 7.98. The molecule has 0 aromatic carbocycles. The van der Waals surface area contributed by atoms with Crippen LogP contribution in [-0.4, -0.2) is 34.1 Å². The highest BCUT2D eigenvalue weighted by Crippen LogP contribution is 2.42. The minimum absolute atomic E-state index is 0.0256. The van der Waals surface area contributed by atoms with Crippen LogP contribution in [0, 0.1) is 16.7 Å². The van der Waals surface area contributed by atoms with Gasteiger partial charge in [0.25, 0.3) is 0 Å². The molecule has 2 aliphatic carbocycles. The highest BCUT2D eigenvalue weighted by Gasteiger charge is 2.34. The fourth-order valence-electron chi connectivity index (χ4n) is 6.20. The minimum atomic E-state index is -0.339. The van der Waals surface area contributed by atoms with Gasteiger partial charge >= 0.3 is 0 Å². The number of rotatable bonds is 11. The zero-order chi connectivity index (χ0) is 32.2. The van der Waals surface area contributed by atoms with Crippen LogP contribution in [-0.2, 0) is 0 Å². The molecule has 0 aromatic rings. The molecule has 2 aliphatic rings. The molecule has 43 heavy (non-hydrogen) atoms. The molecule has 0 bridgehead atoms. The standard InChI is InChI=1S/C40H56O3/c1-29(16-12-17-31(3)20-22-37-32(4)24-35(42)26-39(37,6)7)14-10-11-15-30(2)18-13-19-34(28-41)21-23-38-33(5)25-36(43)27-40(38,8)9/h10-24,35-37,41-43H,25-28H2,1-9H3/b11-10+,16-12+,18-13+,22-20+,23-21+,29-14+,30-15+,31-17+,34-19-/t35-,36+,37+/m0/s1. The molecule has 2 rings (SSSR count). The molecule has 0 saturated heterocycles. The van der Waals surface area contributed by atoms with Crippen molar-refractivity contribution in [1.82, 2.24) is 0 Å². The van der Waals surface area contributed by atoms with Gasteiger partial charge in [-0.2, -0.15) is 0 Å². The Balaban J connectivity index is 1.93. The van der Waals surface area contributed by atoms with Gasteiger partial charge in [-0.3, -0.25) is 0 Å². The van der Waals surface area contributed by atoms with E-state index in [1.807, 2.05) is 42.5 Å². The Morgan fingerprint density at radius 1 is 0.791 bits per heavy atom. The van der Waals surface area contributed by atoms with Gasteiger partial charge in [0, 0.05) is 5.92 Å². The van der Waals surface area contributed by atoms with Crippen LogP contribution < -0.4 is 0 Å². The average Bonchev–Trinajstić information content (AvgIpc) is 2.87. The fourth-order valence-corrected chi connectivity index (χ4v) is 6.20. The van der Waals surface area contributed by atoms with Gasteiger partial charge in [0.15, 0.2) is 0 Å². The van der Waals surface area contributed by atoms with Gasteiger partial charge in [-0.15, -0.1) is 0 Å². The van der Waals surface area contributed by atoms with Crippen molar-refractivity contribution in [1.29, 1.82) is 0 Å². The normalized spacial score (nSPS) is 26.2. The number of hydrogen-bond acceptors (Lipinski definition) is 3. The third kappa shape index (κ3) is 12.3. The maximum atomic E-state index is 10.1. The maximum absolute atomic E-state index is 10.1. The Hall–Kier alpha value is -2.98. The number of allylic oxidation sites excluding steroid dienone is 18. The van der Waals surface area contributed by atoms with E-state index in [0.717, 1.165) is 29.6 Å². The Morgan fingerprint density at radius 3 is 1.91 bits per heavy atom. The molecular weight excluding hydrogens is 528 g/mol. The zero-order valence-corrected chi connectivity index (χ0v) is 28.1. The second kappa shape index (κ2) is 16.8. The third-order valence-electron chi connectivity index (χ3n) is 8.41. The van der Waals surface area contributed by atoms with Gasteiger partial charge in [0.1, 0.15) is 0 Å². The summed E-state index contributed by atoms with van der Waals surface area (Å²) < 4.78 is 0. The van der Waals surface area contributed by atoms with Crippen molar-refractivity contribution >= 4 is 0 Å². The number of hydrogen-bond donors (Lipinski definition) is 3. The molecule has 3 nitrogen and oxygen atoms in total. The molecule has 0 amide bonds. The van der Waals surface area contributed by atoms with E-state index in [-0.39, 0.29) is 29.6 Å². The first-order valence-electron chi connectivity index (χ1n) is 15.6. The first-order chi connectivity index (χ1) is 20.1. The molecule has 0 spiro atoms. The van der Waals surface area contributed by atoms with E-state index < -0.39 is 0 Å². The molecular formula is C40H56O3. The lowest BCUT2D eigenvalue weighted by Gasteiger charge is -2.38. The molecule has 0 heterocycles. The molecule has 0 aliphatic heterocycles. The summed E-state index contributed by atoms with van der Waals surface area (Å²) in [6.07, 6.45) is 32.6. The lowest BCUT2D eigenvalue weighted by Crippen LogP contribution is -2.32. The van der Waals surface area contributed by atoms with Gasteiger partial charge in [-0.1, -0.05) is 147 Å². The van der Waals surface area contributed by atoms with Gasteiger partial charge in [-0.25, -0.2) is 0 Å². The molecule has 0 fully saturated rings. The van der Waals surface area contributed by atoms with Crippen molar-refractivity contribution < 1.29 is 15.3 Å². The second-order valence-electron chi connectivity index (χ2n) is 13.7. The van der Waals surface area contributed by atoms with E-state index in [2.05, 4.69) is 111 Å². The van der Waals surface area contributed by atoms with Crippen LogP contribution in [0.1, 0.15) is 81.6 Å². The van der Waals surface area contributed by atoms with Crippen molar-refractivity contribution in [2.45, 2.75) is 93.8 Å². The van der Waals surface area contributed by atoms with Crippen molar-refractivity contribution in [3.8, 4) is 0 Å². The van der Waals surface area contributed by atoms with E-state index in [1.165, 1.54) is 22.3 Å². The average molecular weight is 585 g/mol. The van der Waals surface area contributed by atoms with Crippen LogP contribution in [0.25, 0.3) is 0 Å². The summed E-state index contributed by atoms with van der Waals surface area (Å²) >= 11 is 0. The maximum Gasteiger partial charge on any atom is 0.0729 e. The van der Waals surface area contributed by atoms with Crippen LogP contribution in [0.15, 0.2) is 130 Å². The first-order valence-corrected chi connectivity index (χ1v) is 15.6. The fraction of sp³-hybridized carbons (Fsp3) is 0.450. The summed E-state index contributed by atoms with van der Waals surface area (Å²) in [4.78, 5) is 0. The predicted octanol–water partition coefficient (Wildman–Crippen LogP) is 9.38. The van der Waals surface area contributed by atoms with Crippen LogP contribution >= 0.6 is 0 Å². The monoisotopic (exact) mass is 584 g/mol. The minimum Gasteiger partial charge on any atom is -0.393 e. The summed E-state index contributed by atoms with van der Waals surface area (Å²) in [5.74, 6) is 0.337. The summed E-state index contributed by atoms with van der Waals surface area (Å²) in [6, 6.07) is 0. The van der Waals surface area contributed by atoms with E-state index in [1.54, 1.807) is 0 Å². The third-order valence-corrected chi connectivity index (χ3v) is 8.41. The summed E-state index contributed by atoms with van der Waals surface area (Å²) in [6.45, 7) is 19.2. The summed E-state index contributed by atoms with van der Waals surface area (Å²) in [7, 11) is 0.